The molecule has 0 radical (unpaired) electrons. The van der Waals surface area contributed by atoms with Gasteiger partial charge >= 0.3 is 0 Å². The van der Waals surface area contributed by atoms with Crippen molar-refractivity contribution in [2.75, 3.05) is 11.9 Å². The van der Waals surface area contributed by atoms with Crippen LogP contribution in [0, 0.1) is 0 Å². The van der Waals surface area contributed by atoms with Gasteiger partial charge in [0.2, 0.25) is 0 Å². The highest BCUT2D eigenvalue weighted by molar-refractivity contribution is 5.39. The van der Waals surface area contributed by atoms with Crippen molar-refractivity contribution in [1.29, 1.82) is 0 Å². The van der Waals surface area contributed by atoms with E-state index in [1.807, 2.05) is 54.4 Å². The molecule has 0 saturated carbocycles. The molecule has 0 bridgehead atoms. The van der Waals surface area contributed by atoms with Crippen LogP contribution >= 0.6 is 0 Å². The smallest absolute Gasteiger partial charge is 0.250 e. The Morgan fingerprint density at radius 3 is 2.74 bits per heavy atom. The molecule has 0 amide bonds. The summed E-state index contributed by atoms with van der Waals surface area (Å²) >= 11 is 0. The van der Waals surface area contributed by atoms with Crippen LogP contribution < -0.4 is 4.90 Å². The number of hydrogen-bond donors (Lipinski definition) is 0. The van der Waals surface area contributed by atoms with E-state index in [1.54, 1.807) is 10.9 Å². The predicted molar refractivity (Wildman–Crippen MR) is 70.0 cm³/mol. The van der Waals surface area contributed by atoms with Crippen LogP contribution in [0.4, 0.5) is 5.95 Å². The molecule has 0 aliphatic carbocycles. The van der Waals surface area contributed by atoms with Crippen LogP contribution in [0.5, 0.6) is 0 Å². The normalized spacial score (nSPS) is 10.6. The molecule has 2 aromatic heterocycles. The lowest BCUT2D eigenvalue weighted by molar-refractivity contribution is 0.505. The van der Waals surface area contributed by atoms with Gasteiger partial charge in [-0.15, -0.1) is 0 Å². The van der Waals surface area contributed by atoms with Crippen LogP contribution in [0.25, 0.3) is 5.69 Å². The summed E-state index contributed by atoms with van der Waals surface area (Å²) < 4.78 is 7.03. The third-order valence-electron chi connectivity index (χ3n) is 2.77. The van der Waals surface area contributed by atoms with E-state index in [9.17, 15) is 0 Å². The maximum Gasteiger partial charge on any atom is 0.250 e. The molecular weight excluding hydrogens is 242 g/mol. The highest BCUT2D eigenvalue weighted by Crippen LogP contribution is 2.16. The highest BCUT2D eigenvalue weighted by atomic mass is 16.3. The van der Waals surface area contributed by atoms with Crippen molar-refractivity contribution in [3.8, 4) is 5.69 Å². The maximum atomic E-state index is 5.33. The average molecular weight is 255 g/mol. The molecule has 0 N–H and O–H groups in total. The Hall–Kier alpha value is -2.63. The van der Waals surface area contributed by atoms with Crippen LogP contribution in [0.3, 0.4) is 0 Å². The van der Waals surface area contributed by atoms with E-state index < -0.39 is 0 Å². The Morgan fingerprint density at radius 1 is 1.16 bits per heavy atom. The van der Waals surface area contributed by atoms with Crippen LogP contribution in [0.1, 0.15) is 5.76 Å². The average Bonchev–Trinajstić information content (AvgIpc) is 3.10. The van der Waals surface area contributed by atoms with Gasteiger partial charge in [0.1, 0.15) is 5.76 Å². The zero-order valence-corrected chi connectivity index (χ0v) is 10.5. The van der Waals surface area contributed by atoms with Gasteiger partial charge in [0.15, 0.2) is 0 Å². The second-order valence-electron chi connectivity index (χ2n) is 4.16. The van der Waals surface area contributed by atoms with Crippen LogP contribution in [0.15, 0.2) is 53.1 Å². The summed E-state index contributed by atoms with van der Waals surface area (Å²) in [6.45, 7) is 0.611. The van der Waals surface area contributed by atoms with E-state index in [2.05, 4.69) is 15.5 Å². The minimum atomic E-state index is 0.611. The van der Waals surface area contributed by atoms with Crippen molar-refractivity contribution in [2.45, 2.75) is 6.54 Å². The summed E-state index contributed by atoms with van der Waals surface area (Å²) in [5.41, 5.74) is 0.925. The minimum absolute atomic E-state index is 0.611. The Kier molecular flexibility index (Phi) is 2.97. The first-order valence-corrected chi connectivity index (χ1v) is 5.92. The molecule has 19 heavy (non-hydrogen) atoms. The van der Waals surface area contributed by atoms with E-state index in [0.717, 1.165) is 11.4 Å². The predicted octanol–water partition coefficient (Wildman–Crippen LogP) is 1.89. The highest BCUT2D eigenvalue weighted by Gasteiger charge is 2.13. The SMILES string of the molecule is CN(Cc1ccco1)c1nnnn1-c1ccccc1. The summed E-state index contributed by atoms with van der Waals surface area (Å²) in [6, 6.07) is 13.6. The van der Waals surface area contributed by atoms with Crippen LogP contribution in [-0.2, 0) is 6.54 Å². The van der Waals surface area contributed by atoms with Gasteiger partial charge in [-0.3, -0.25) is 0 Å². The fraction of sp³-hybridized carbons (Fsp3) is 0.154. The number of aromatic nitrogens is 4. The number of anilines is 1. The van der Waals surface area contributed by atoms with Crippen molar-refractivity contribution >= 4 is 5.95 Å². The van der Waals surface area contributed by atoms with Gasteiger partial charge in [-0.1, -0.05) is 23.3 Å². The summed E-state index contributed by atoms with van der Waals surface area (Å²) in [7, 11) is 1.92. The molecule has 0 aliphatic rings. The van der Waals surface area contributed by atoms with Crippen molar-refractivity contribution in [2.24, 2.45) is 0 Å². The second-order valence-corrected chi connectivity index (χ2v) is 4.16. The Bertz CT molecular complexity index is 632. The molecule has 3 rings (SSSR count). The number of hydrogen-bond acceptors (Lipinski definition) is 5. The van der Waals surface area contributed by atoms with E-state index in [0.29, 0.717) is 12.5 Å². The second kappa shape index (κ2) is 4.93. The number of benzene rings is 1. The van der Waals surface area contributed by atoms with E-state index >= 15 is 0 Å². The zero-order chi connectivity index (χ0) is 13.1. The molecule has 6 nitrogen and oxygen atoms in total. The molecule has 3 aromatic rings. The van der Waals surface area contributed by atoms with E-state index in [1.165, 1.54) is 0 Å². The third kappa shape index (κ3) is 2.33. The molecule has 0 saturated heterocycles. The van der Waals surface area contributed by atoms with Gasteiger partial charge in [-0.25, -0.2) is 0 Å². The summed E-state index contributed by atoms with van der Waals surface area (Å²) in [4.78, 5) is 1.94. The fourth-order valence-corrected chi connectivity index (χ4v) is 1.86. The first kappa shape index (κ1) is 11.5. The van der Waals surface area contributed by atoms with Gasteiger partial charge in [0.05, 0.1) is 18.5 Å². The Balaban J connectivity index is 1.88. The minimum Gasteiger partial charge on any atom is -0.467 e. The van der Waals surface area contributed by atoms with Crippen molar-refractivity contribution in [3.63, 3.8) is 0 Å². The molecule has 0 fully saturated rings. The number of para-hydroxylation sites is 1. The van der Waals surface area contributed by atoms with Gasteiger partial charge in [0, 0.05) is 7.05 Å². The molecule has 6 heteroatoms. The molecule has 2 heterocycles. The van der Waals surface area contributed by atoms with Crippen molar-refractivity contribution in [1.82, 2.24) is 20.2 Å². The molecule has 0 spiro atoms. The fourth-order valence-electron chi connectivity index (χ4n) is 1.86. The number of nitrogens with zero attached hydrogens (tertiary/aromatic N) is 5. The monoisotopic (exact) mass is 255 g/mol. The van der Waals surface area contributed by atoms with Crippen LogP contribution in [0.2, 0.25) is 0 Å². The topological polar surface area (TPSA) is 60.0 Å². The zero-order valence-electron chi connectivity index (χ0n) is 10.5. The van der Waals surface area contributed by atoms with Gasteiger partial charge in [0.25, 0.3) is 5.95 Å². The number of rotatable bonds is 4. The van der Waals surface area contributed by atoms with Crippen LogP contribution in [-0.4, -0.2) is 27.3 Å². The molecule has 0 aliphatic heterocycles. The van der Waals surface area contributed by atoms with E-state index in [4.69, 9.17) is 4.42 Å². The number of tetrazole rings is 1. The Labute approximate surface area is 110 Å². The molecule has 0 unspecified atom stereocenters. The van der Waals surface area contributed by atoms with Crippen molar-refractivity contribution < 1.29 is 4.42 Å². The first-order chi connectivity index (χ1) is 9.34. The molecular formula is C13H13N5O. The summed E-state index contributed by atoms with van der Waals surface area (Å²) in [5.74, 6) is 1.53. The van der Waals surface area contributed by atoms with E-state index in [-0.39, 0.29) is 0 Å². The summed E-state index contributed by atoms with van der Waals surface area (Å²) in [6.07, 6.45) is 1.66. The quantitative estimate of drug-likeness (QED) is 0.712. The molecule has 0 atom stereocenters. The molecule has 96 valence electrons. The lowest BCUT2D eigenvalue weighted by atomic mass is 10.3. The van der Waals surface area contributed by atoms with Gasteiger partial charge in [-0.2, -0.15) is 4.68 Å². The number of furan rings is 1. The summed E-state index contributed by atoms with van der Waals surface area (Å²) in [5, 5.41) is 11.8. The maximum absolute atomic E-state index is 5.33. The Morgan fingerprint density at radius 2 is 2.00 bits per heavy atom. The van der Waals surface area contributed by atoms with Gasteiger partial charge < -0.3 is 9.32 Å². The third-order valence-corrected chi connectivity index (χ3v) is 2.77. The largest absolute Gasteiger partial charge is 0.467 e. The standard InChI is InChI=1S/C13H13N5O/c1-17(10-12-8-5-9-19-12)13-14-15-16-18(13)11-6-3-2-4-7-11/h2-9H,10H2,1H3. The van der Waals surface area contributed by atoms with Gasteiger partial charge in [-0.05, 0) is 34.7 Å². The lowest BCUT2D eigenvalue weighted by Gasteiger charge is -2.16. The lowest BCUT2D eigenvalue weighted by Crippen LogP contribution is -2.20. The van der Waals surface area contributed by atoms with Crippen molar-refractivity contribution in [3.05, 3.63) is 54.5 Å². The first-order valence-electron chi connectivity index (χ1n) is 5.92. The molecule has 1 aromatic carbocycles.